The Balaban J connectivity index is 1.22. The number of nitrogens with zero attached hydrogens (tertiary/aromatic N) is 3. The fourth-order valence-electron chi connectivity index (χ4n) is 3.96. The van der Waals surface area contributed by atoms with Crippen LogP contribution in [0.2, 0.25) is 0 Å². The number of ether oxygens (including phenoxy) is 2. The van der Waals surface area contributed by atoms with Gasteiger partial charge in [0.15, 0.2) is 0 Å². The molecule has 1 amide bonds. The summed E-state index contributed by atoms with van der Waals surface area (Å²) in [6.07, 6.45) is 3.28. The Hall–Kier alpha value is -2.72. The summed E-state index contributed by atoms with van der Waals surface area (Å²) in [5.41, 5.74) is 0.783. The number of carbonyl (C=O) groups excluding carboxylic acids is 1. The Kier molecular flexibility index (Phi) is 8.34. The zero-order valence-corrected chi connectivity index (χ0v) is 20.0. The number of hydrogen-bond acceptors (Lipinski definition) is 6. The van der Waals surface area contributed by atoms with Crippen LogP contribution in [0, 0.1) is 0 Å². The molecule has 2 saturated heterocycles. The van der Waals surface area contributed by atoms with Crippen molar-refractivity contribution in [3.63, 3.8) is 0 Å². The van der Waals surface area contributed by atoms with E-state index in [0.717, 1.165) is 30.9 Å². The topological polar surface area (TPSA) is 79.4 Å². The minimum atomic E-state index is -3.51. The maximum Gasteiger partial charge on any atom is 0.246 e. The van der Waals surface area contributed by atoms with E-state index in [1.165, 1.54) is 4.31 Å². The van der Waals surface area contributed by atoms with Gasteiger partial charge in [-0.3, -0.25) is 9.69 Å². The largest absolute Gasteiger partial charge is 0.492 e. The maximum absolute atomic E-state index is 12.7. The number of morpholine rings is 1. The second kappa shape index (κ2) is 11.6. The number of sulfonamides is 1. The summed E-state index contributed by atoms with van der Waals surface area (Å²) in [5, 5.41) is 0. The van der Waals surface area contributed by atoms with Crippen LogP contribution < -0.4 is 4.74 Å². The Morgan fingerprint density at radius 3 is 2.26 bits per heavy atom. The standard InChI is InChI=1S/C25H31N3O5S/c29-25(27-14-12-26(13-15-27)16-21-33-23-4-2-1-3-5-23)11-8-22-6-9-24(10-7-22)34(30,31)28-17-19-32-20-18-28/h1-11H,12-21H2. The Bertz CT molecular complexity index is 1060. The van der Waals surface area contributed by atoms with Crippen molar-refractivity contribution in [1.82, 2.24) is 14.1 Å². The SMILES string of the molecule is O=C(C=Cc1ccc(S(=O)(=O)N2CCOCC2)cc1)N1CCN(CCOc2ccccc2)CC1. The molecule has 0 unspecified atom stereocenters. The van der Waals surface area contributed by atoms with Crippen molar-refractivity contribution >= 4 is 22.0 Å². The second-order valence-electron chi connectivity index (χ2n) is 8.25. The summed E-state index contributed by atoms with van der Waals surface area (Å²) in [5.74, 6) is 0.832. The molecule has 0 saturated carbocycles. The van der Waals surface area contributed by atoms with E-state index in [2.05, 4.69) is 4.90 Å². The van der Waals surface area contributed by atoms with Crippen LogP contribution >= 0.6 is 0 Å². The van der Waals surface area contributed by atoms with Gasteiger partial charge in [0.05, 0.1) is 18.1 Å². The lowest BCUT2D eigenvalue weighted by atomic mass is 10.2. The average molecular weight is 486 g/mol. The van der Waals surface area contributed by atoms with E-state index in [0.29, 0.717) is 46.0 Å². The summed E-state index contributed by atoms with van der Waals surface area (Å²) in [6, 6.07) is 16.4. The number of benzene rings is 2. The molecule has 0 radical (unpaired) electrons. The number of amides is 1. The van der Waals surface area contributed by atoms with E-state index in [1.54, 1.807) is 36.4 Å². The van der Waals surface area contributed by atoms with Crippen molar-refractivity contribution in [2.45, 2.75) is 4.90 Å². The molecule has 2 aliphatic rings. The highest BCUT2D eigenvalue weighted by Gasteiger charge is 2.26. The highest BCUT2D eigenvalue weighted by atomic mass is 32.2. The van der Waals surface area contributed by atoms with Gasteiger partial charge in [0, 0.05) is 51.9 Å². The van der Waals surface area contributed by atoms with Crippen LogP contribution in [0.25, 0.3) is 6.08 Å². The van der Waals surface area contributed by atoms with Crippen LogP contribution in [0.4, 0.5) is 0 Å². The molecule has 2 aliphatic heterocycles. The summed E-state index contributed by atoms with van der Waals surface area (Å²) in [7, 11) is -3.51. The molecular formula is C25H31N3O5S. The average Bonchev–Trinajstić information content (AvgIpc) is 2.89. The quantitative estimate of drug-likeness (QED) is 0.532. The van der Waals surface area contributed by atoms with Crippen molar-refractivity contribution in [1.29, 1.82) is 0 Å². The lowest BCUT2D eigenvalue weighted by molar-refractivity contribution is -0.127. The van der Waals surface area contributed by atoms with Crippen LogP contribution in [0.1, 0.15) is 5.56 Å². The third-order valence-electron chi connectivity index (χ3n) is 6.01. The molecule has 8 nitrogen and oxygen atoms in total. The van der Waals surface area contributed by atoms with E-state index in [4.69, 9.17) is 9.47 Å². The molecule has 2 fully saturated rings. The van der Waals surface area contributed by atoms with E-state index < -0.39 is 10.0 Å². The Labute approximate surface area is 201 Å². The molecule has 2 aromatic carbocycles. The van der Waals surface area contributed by atoms with E-state index >= 15 is 0 Å². The van der Waals surface area contributed by atoms with Crippen LogP contribution in [0.5, 0.6) is 5.75 Å². The van der Waals surface area contributed by atoms with Gasteiger partial charge in [-0.2, -0.15) is 4.31 Å². The summed E-state index contributed by atoms with van der Waals surface area (Å²) >= 11 is 0. The first kappa shape index (κ1) is 24.4. The number of hydrogen-bond donors (Lipinski definition) is 0. The number of para-hydroxylation sites is 1. The molecule has 4 rings (SSSR count). The van der Waals surface area contributed by atoms with Gasteiger partial charge in [-0.25, -0.2) is 8.42 Å². The van der Waals surface area contributed by atoms with E-state index in [9.17, 15) is 13.2 Å². The third kappa shape index (κ3) is 6.44. The minimum Gasteiger partial charge on any atom is -0.492 e. The fraction of sp³-hybridized carbons (Fsp3) is 0.400. The number of carbonyl (C=O) groups is 1. The molecule has 2 aromatic rings. The molecule has 9 heteroatoms. The zero-order valence-electron chi connectivity index (χ0n) is 19.2. The Morgan fingerprint density at radius 1 is 0.912 bits per heavy atom. The highest BCUT2D eigenvalue weighted by molar-refractivity contribution is 7.89. The first-order valence-corrected chi connectivity index (χ1v) is 13.0. The second-order valence-corrected chi connectivity index (χ2v) is 10.2. The van der Waals surface area contributed by atoms with Gasteiger partial charge in [-0.15, -0.1) is 0 Å². The predicted octanol–water partition coefficient (Wildman–Crippen LogP) is 1.94. The Morgan fingerprint density at radius 2 is 1.59 bits per heavy atom. The number of piperazine rings is 1. The van der Waals surface area contributed by atoms with Crippen LogP contribution in [0.15, 0.2) is 65.6 Å². The zero-order chi connectivity index (χ0) is 23.8. The minimum absolute atomic E-state index is 0.0369. The molecule has 0 bridgehead atoms. The van der Waals surface area contributed by atoms with Gasteiger partial charge in [0.2, 0.25) is 15.9 Å². The predicted molar refractivity (Wildman–Crippen MR) is 130 cm³/mol. The van der Waals surface area contributed by atoms with Gasteiger partial charge in [-0.1, -0.05) is 30.3 Å². The normalized spacial score (nSPS) is 18.3. The van der Waals surface area contributed by atoms with Gasteiger partial charge in [0.25, 0.3) is 0 Å². The monoisotopic (exact) mass is 485 g/mol. The van der Waals surface area contributed by atoms with Crippen molar-refractivity contribution < 1.29 is 22.7 Å². The summed E-state index contributed by atoms with van der Waals surface area (Å²) in [4.78, 5) is 17.0. The maximum atomic E-state index is 12.7. The van der Waals surface area contributed by atoms with E-state index in [1.807, 2.05) is 35.2 Å². The van der Waals surface area contributed by atoms with Gasteiger partial charge in [-0.05, 0) is 35.9 Å². The lowest BCUT2D eigenvalue weighted by Gasteiger charge is -2.34. The molecule has 34 heavy (non-hydrogen) atoms. The van der Waals surface area contributed by atoms with Crippen molar-refractivity contribution in [3.05, 3.63) is 66.2 Å². The molecule has 182 valence electrons. The highest BCUT2D eigenvalue weighted by Crippen LogP contribution is 2.18. The van der Waals surface area contributed by atoms with Crippen LogP contribution in [-0.4, -0.2) is 94.1 Å². The molecular weight excluding hydrogens is 454 g/mol. The lowest BCUT2D eigenvalue weighted by Crippen LogP contribution is -2.49. The van der Waals surface area contributed by atoms with Gasteiger partial charge < -0.3 is 14.4 Å². The van der Waals surface area contributed by atoms with Gasteiger partial charge >= 0.3 is 0 Å². The van der Waals surface area contributed by atoms with Crippen molar-refractivity contribution in [2.75, 3.05) is 65.6 Å². The van der Waals surface area contributed by atoms with Crippen molar-refractivity contribution in [2.24, 2.45) is 0 Å². The van der Waals surface area contributed by atoms with Crippen LogP contribution in [-0.2, 0) is 19.6 Å². The third-order valence-corrected chi connectivity index (χ3v) is 7.92. The molecule has 0 atom stereocenters. The fourth-order valence-corrected chi connectivity index (χ4v) is 5.37. The smallest absolute Gasteiger partial charge is 0.246 e. The molecule has 0 spiro atoms. The first-order valence-electron chi connectivity index (χ1n) is 11.6. The summed E-state index contributed by atoms with van der Waals surface area (Å²) < 4.78 is 37.9. The number of rotatable bonds is 8. The van der Waals surface area contributed by atoms with Crippen LogP contribution in [0.3, 0.4) is 0 Å². The molecule has 0 aromatic heterocycles. The molecule has 0 aliphatic carbocycles. The van der Waals surface area contributed by atoms with Gasteiger partial charge in [0.1, 0.15) is 12.4 Å². The first-order chi connectivity index (χ1) is 16.5. The van der Waals surface area contributed by atoms with E-state index in [-0.39, 0.29) is 10.8 Å². The molecule has 2 heterocycles. The van der Waals surface area contributed by atoms with Crippen molar-refractivity contribution in [3.8, 4) is 5.75 Å². The summed E-state index contributed by atoms with van der Waals surface area (Å²) in [6.45, 7) is 5.98. The molecule has 0 N–H and O–H groups in total.